The van der Waals surface area contributed by atoms with Gasteiger partial charge < -0.3 is 9.84 Å². The maximum absolute atomic E-state index is 13.4. The topological polar surface area (TPSA) is 96.8 Å². The Hall–Kier alpha value is -2.36. The number of carbonyl (C=O) groups is 1. The molecule has 0 unspecified atom stereocenters. The Balaban J connectivity index is 1.73. The number of carbonyl (C=O) groups excluding carboxylic acids is 1. The van der Waals surface area contributed by atoms with Crippen molar-refractivity contribution in [2.45, 2.75) is 17.4 Å². The number of hydrogen-bond acceptors (Lipinski definition) is 6. The number of Topliss-reactive ketones (excluding diaryl/α,β-unsaturated/α-hetero) is 1. The van der Waals surface area contributed by atoms with Gasteiger partial charge in [-0.25, -0.2) is 13.4 Å². The van der Waals surface area contributed by atoms with Crippen LogP contribution in [0.1, 0.15) is 15.9 Å². The van der Waals surface area contributed by atoms with Crippen LogP contribution in [0.15, 0.2) is 59.6 Å². The lowest BCUT2D eigenvalue weighted by Gasteiger charge is -2.34. The fourth-order valence-corrected chi connectivity index (χ4v) is 5.84. The number of sulfonamides is 1. The van der Waals surface area contributed by atoms with Crippen molar-refractivity contribution in [3.63, 3.8) is 0 Å². The maximum Gasteiger partial charge on any atom is 0.264 e. The number of hydrogen-bond donors (Lipinski definition) is 1. The number of aliphatic hydroxyl groups is 1. The second-order valence-electron chi connectivity index (χ2n) is 7.28. The summed E-state index contributed by atoms with van der Waals surface area (Å²) in [5.74, 6) is -0.320. The molecule has 0 bridgehead atoms. The summed E-state index contributed by atoms with van der Waals surface area (Å²) in [6.45, 7) is -0.554. The second-order valence-corrected chi connectivity index (χ2v) is 10.4. The highest BCUT2D eigenvalue weighted by Crippen LogP contribution is 2.37. The number of fused-ring (bicyclic) bond motifs is 1. The number of pyridine rings is 1. The number of aromatic nitrogens is 1. The molecule has 3 aromatic rings. The van der Waals surface area contributed by atoms with E-state index in [0.717, 1.165) is 4.31 Å². The molecule has 1 aliphatic rings. The number of anilines is 1. The first-order valence-electron chi connectivity index (χ1n) is 9.72. The van der Waals surface area contributed by atoms with Crippen molar-refractivity contribution >= 4 is 56.3 Å². The number of benzene rings is 2. The number of rotatable bonds is 6. The van der Waals surface area contributed by atoms with Gasteiger partial charge in [0.15, 0.2) is 5.78 Å². The summed E-state index contributed by atoms with van der Waals surface area (Å²) < 4.78 is 33.5. The van der Waals surface area contributed by atoms with Crippen LogP contribution in [0, 0.1) is 0 Å². The lowest BCUT2D eigenvalue weighted by molar-refractivity contribution is 0.0992. The summed E-state index contributed by atoms with van der Waals surface area (Å²) in [6.07, 6.45) is 0.484. The number of halogens is 3. The van der Waals surface area contributed by atoms with E-state index in [1.54, 1.807) is 24.3 Å². The third-order valence-corrected chi connectivity index (χ3v) is 7.64. The molecule has 1 aromatic heterocycles. The smallest absolute Gasteiger partial charge is 0.264 e. The first kappa shape index (κ1) is 23.8. The summed E-state index contributed by atoms with van der Waals surface area (Å²) in [6, 6.07) is 12.1. The molecule has 11 heteroatoms. The Labute approximate surface area is 205 Å². The number of nitrogens with zero attached hydrogens (tertiary/aromatic N) is 2. The Kier molecular flexibility index (Phi) is 6.83. The first-order valence-corrected chi connectivity index (χ1v) is 12.3. The summed E-state index contributed by atoms with van der Waals surface area (Å²) in [4.78, 5) is 17.0. The van der Waals surface area contributed by atoms with E-state index in [-0.39, 0.29) is 55.8 Å². The van der Waals surface area contributed by atoms with E-state index in [4.69, 9.17) is 39.5 Å². The number of ether oxygens (including phenoxy) is 1. The molecular weight excluding hydrogens is 511 g/mol. The van der Waals surface area contributed by atoms with Crippen LogP contribution < -0.4 is 9.04 Å². The van der Waals surface area contributed by atoms with Crippen molar-refractivity contribution in [1.29, 1.82) is 0 Å². The van der Waals surface area contributed by atoms with Gasteiger partial charge in [-0.15, -0.1) is 0 Å². The zero-order valence-corrected chi connectivity index (χ0v) is 20.0. The van der Waals surface area contributed by atoms with Crippen molar-refractivity contribution in [3.05, 3.63) is 80.9 Å². The third kappa shape index (κ3) is 4.81. The van der Waals surface area contributed by atoms with Gasteiger partial charge >= 0.3 is 0 Å². The monoisotopic (exact) mass is 526 g/mol. The molecule has 4 rings (SSSR count). The molecule has 0 radical (unpaired) electrons. The highest BCUT2D eigenvalue weighted by atomic mass is 35.5. The molecule has 1 aliphatic heterocycles. The molecule has 0 amide bonds. The van der Waals surface area contributed by atoms with Crippen molar-refractivity contribution in [1.82, 2.24) is 4.98 Å². The Bertz CT molecular complexity index is 1310. The molecule has 1 atom stereocenters. The fraction of sp³-hybridized carbons (Fsp3) is 0.182. The van der Waals surface area contributed by atoms with Crippen LogP contribution in [0.2, 0.25) is 15.1 Å². The van der Waals surface area contributed by atoms with Crippen molar-refractivity contribution in [2.24, 2.45) is 0 Å². The zero-order valence-electron chi connectivity index (χ0n) is 16.9. The molecule has 172 valence electrons. The van der Waals surface area contributed by atoms with E-state index in [2.05, 4.69) is 4.98 Å². The van der Waals surface area contributed by atoms with E-state index < -0.39 is 22.7 Å². The van der Waals surface area contributed by atoms with Gasteiger partial charge in [-0.3, -0.25) is 9.10 Å². The molecule has 7 nitrogen and oxygen atoms in total. The Morgan fingerprint density at radius 1 is 1.12 bits per heavy atom. The lowest BCUT2D eigenvalue weighted by atomic mass is 10.0. The molecule has 0 aliphatic carbocycles. The van der Waals surface area contributed by atoms with E-state index in [9.17, 15) is 18.3 Å². The van der Waals surface area contributed by atoms with Gasteiger partial charge in [0, 0.05) is 17.6 Å². The summed E-state index contributed by atoms with van der Waals surface area (Å²) in [7, 11) is -4.06. The SMILES string of the molecule is O=C(Cc1cnc2c(c1)N(S(=O)(=O)c1cccc(Cl)c1)C[C@H](CO)O2)c1c(Cl)cccc1Cl. The predicted octanol–water partition coefficient (Wildman–Crippen LogP) is 4.42. The Morgan fingerprint density at radius 3 is 2.48 bits per heavy atom. The van der Waals surface area contributed by atoms with Gasteiger partial charge in [0.1, 0.15) is 11.8 Å². The normalized spacial score (nSPS) is 15.6. The van der Waals surface area contributed by atoms with E-state index in [1.807, 2.05) is 0 Å². The zero-order chi connectivity index (χ0) is 23.8. The molecule has 0 spiro atoms. The lowest BCUT2D eigenvalue weighted by Crippen LogP contribution is -2.45. The first-order chi connectivity index (χ1) is 15.7. The van der Waals surface area contributed by atoms with Crippen molar-refractivity contribution in [2.75, 3.05) is 17.5 Å². The van der Waals surface area contributed by atoms with Gasteiger partial charge in [0.25, 0.3) is 10.0 Å². The van der Waals surface area contributed by atoms with Gasteiger partial charge in [0.05, 0.1) is 33.7 Å². The van der Waals surface area contributed by atoms with Crippen LogP contribution in [0.3, 0.4) is 0 Å². The third-order valence-electron chi connectivity index (χ3n) is 5.00. The minimum atomic E-state index is -4.06. The van der Waals surface area contributed by atoms with Gasteiger partial charge in [0.2, 0.25) is 5.88 Å². The van der Waals surface area contributed by atoms with Gasteiger partial charge in [-0.05, 0) is 42.0 Å². The molecule has 1 N–H and O–H groups in total. The quantitative estimate of drug-likeness (QED) is 0.477. The van der Waals surface area contributed by atoms with Crippen LogP contribution in [0.5, 0.6) is 5.88 Å². The second kappa shape index (κ2) is 9.48. The average molecular weight is 528 g/mol. The summed E-state index contributed by atoms with van der Waals surface area (Å²) in [5.41, 5.74) is 0.765. The summed E-state index contributed by atoms with van der Waals surface area (Å²) in [5, 5.41) is 10.3. The van der Waals surface area contributed by atoms with E-state index in [0.29, 0.717) is 5.56 Å². The molecule has 0 saturated heterocycles. The van der Waals surface area contributed by atoms with Crippen LogP contribution >= 0.6 is 34.8 Å². The molecule has 0 fully saturated rings. The van der Waals surface area contributed by atoms with E-state index in [1.165, 1.54) is 30.5 Å². The minimum absolute atomic E-state index is 0.0242. The molecule has 2 heterocycles. The summed E-state index contributed by atoms with van der Waals surface area (Å²) >= 11 is 18.3. The van der Waals surface area contributed by atoms with Gasteiger partial charge in [-0.2, -0.15) is 0 Å². The predicted molar refractivity (Wildman–Crippen MR) is 126 cm³/mol. The number of ketones is 1. The van der Waals surface area contributed by atoms with Gasteiger partial charge in [-0.1, -0.05) is 46.9 Å². The minimum Gasteiger partial charge on any atom is -0.468 e. The van der Waals surface area contributed by atoms with Crippen LogP contribution in [-0.2, 0) is 16.4 Å². The van der Waals surface area contributed by atoms with Crippen LogP contribution in [0.4, 0.5) is 5.69 Å². The molecule has 33 heavy (non-hydrogen) atoms. The largest absolute Gasteiger partial charge is 0.468 e. The van der Waals surface area contributed by atoms with Crippen LogP contribution in [0.25, 0.3) is 0 Å². The highest BCUT2D eigenvalue weighted by molar-refractivity contribution is 7.92. The maximum atomic E-state index is 13.4. The fourth-order valence-electron chi connectivity index (χ4n) is 3.44. The standard InChI is InChI=1S/C22H17Cl3N2O5S/c23-14-3-1-4-16(9-14)33(30,31)27-11-15(12-28)32-22-19(27)7-13(10-26-22)8-20(29)21-17(24)5-2-6-18(21)25/h1-7,9-10,15,28H,8,11-12H2/t15-/m1/s1. The average Bonchev–Trinajstić information content (AvgIpc) is 2.78. The molecule has 0 saturated carbocycles. The Morgan fingerprint density at radius 2 is 1.82 bits per heavy atom. The number of aliphatic hydroxyl groups excluding tert-OH is 1. The molecule has 2 aromatic carbocycles. The highest BCUT2D eigenvalue weighted by Gasteiger charge is 2.35. The molecular formula is C22H17Cl3N2O5S. The van der Waals surface area contributed by atoms with E-state index >= 15 is 0 Å². The van der Waals surface area contributed by atoms with Crippen molar-refractivity contribution < 1.29 is 23.1 Å². The van der Waals surface area contributed by atoms with Crippen LogP contribution in [-0.4, -0.2) is 43.5 Å². The van der Waals surface area contributed by atoms with Crippen molar-refractivity contribution in [3.8, 4) is 5.88 Å².